The fourth-order valence-electron chi connectivity index (χ4n) is 3.21. The molecule has 0 radical (unpaired) electrons. The van der Waals surface area contributed by atoms with Crippen LogP contribution in [-0.4, -0.2) is 9.67 Å². The van der Waals surface area contributed by atoms with E-state index in [0.29, 0.717) is 0 Å². The molecule has 1 heterocycles. The van der Waals surface area contributed by atoms with Crippen molar-refractivity contribution in [3.63, 3.8) is 0 Å². The molecule has 0 saturated carbocycles. The van der Waals surface area contributed by atoms with E-state index < -0.39 is 0 Å². The van der Waals surface area contributed by atoms with E-state index in [-0.39, 0.29) is 11.5 Å². The number of rotatable bonds is 1. The molecule has 1 unspecified atom stereocenters. The Balaban J connectivity index is 2.16. The molecule has 0 saturated heterocycles. The van der Waals surface area contributed by atoms with E-state index in [1.165, 1.54) is 5.69 Å². The molecule has 106 valence electrons. The third-order valence-electron chi connectivity index (χ3n) is 4.28. The number of nitrogens with zero attached hydrogens (tertiary/aromatic N) is 1. The molecule has 2 aromatic rings. The van der Waals surface area contributed by atoms with Gasteiger partial charge in [-0.2, -0.15) is 0 Å². The van der Waals surface area contributed by atoms with Gasteiger partial charge in [0.15, 0.2) is 0 Å². The number of fused-ring (bicyclic) bond motifs is 1. The van der Waals surface area contributed by atoms with Crippen molar-refractivity contribution in [2.75, 3.05) is 0 Å². The molecule has 1 aromatic heterocycles. The van der Waals surface area contributed by atoms with E-state index in [9.17, 15) is 5.11 Å². The molecule has 0 amide bonds. The van der Waals surface area contributed by atoms with Crippen molar-refractivity contribution in [1.29, 1.82) is 0 Å². The number of aliphatic hydroxyl groups is 1. The number of aliphatic hydroxyl groups excluding tert-OH is 1. The third kappa shape index (κ3) is 2.17. The van der Waals surface area contributed by atoms with Crippen LogP contribution in [0.15, 0.2) is 30.5 Å². The summed E-state index contributed by atoms with van der Waals surface area (Å²) < 4.78 is 2.18. The van der Waals surface area contributed by atoms with Gasteiger partial charge in [-0.3, -0.25) is 0 Å². The highest BCUT2D eigenvalue weighted by molar-refractivity contribution is 6.31. The molecule has 1 aliphatic carbocycles. The summed E-state index contributed by atoms with van der Waals surface area (Å²) in [6.07, 6.45) is 3.47. The molecule has 0 bridgehead atoms. The molecule has 0 spiro atoms. The zero-order chi connectivity index (χ0) is 14.5. The van der Waals surface area contributed by atoms with Crippen LogP contribution in [0, 0.1) is 12.3 Å². The number of hydrogen-bond donors (Lipinski definition) is 1. The van der Waals surface area contributed by atoms with Crippen LogP contribution in [-0.2, 0) is 6.42 Å². The minimum atomic E-state index is -0.366. The molecule has 3 rings (SSSR count). The standard InChI is InChI=1S/C17H20ClNO/c1-11-13(18)5-4-6-14(11)19-8-7-12-15(19)9-17(2,3)10-16(12)20/h4-8,16,20H,9-10H2,1-3H3. The normalized spacial score (nSPS) is 20.8. The Morgan fingerprint density at radius 1 is 1.30 bits per heavy atom. The van der Waals surface area contributed by atoms with Gasteiger partial charge in [0.1, 0.15) is 0 Å². The van der Waals surface area contributed by atoms with E-state index in [4.69, 9.17) is 11.6 Å². The lowest BCUT2D eigenvalue weighted by atomic mass is 9.75. The van der Waals surface area contributed by atoms with Crippen molar-refractivity contribution in [2.24, 2.45) is 5.41 Å². The first-order valence-electron chi connectivity index (χ1n) is 7.03. The predicted molar refractivity (Wildman–Crippen MR) is 82.6 cm³/mol. The second-order valence-corrected chi connectivity index (χ2v) is 6.94. The topological polar surface area (TPSA) is 25.2 Å². The van der Waals surface area contributed by atoms with E-state index in [2.05, 4.69) is 24.5 Å². The first kappa shape index (κ1) is 13.7. The number of benzene rings is 1. The molecular weight excluding hydrogens is 270 g/mol. The Kier molecular flexibility index (Phi) is 3.19. The summed E-state index contributed by atoms with van der Waals surface area (Å²) in [4.78, 5) is 0. The average molecular weight is 290 g/mol. The molecular formula is C17H20ClNO. The zero-order valence-corrected chi connectivity index (χ0v) is 12.9. The second kappa shape index (κ2) is 4.64. The minimum Gasteiger partial charge on any atom is -0.388 e. The van der Waals surface area contributed by atoms with E-state index >= 15 is 0 Å². The van der Waals surface area contributed by atoms with Gasteiger partial charge in [0.25, 0.3) is 0 Å². The first-order chi connectivity index (χ1) is 9.39. The number of aromatic nitrogens is 1. The van der Waals surface area contributed by atoms with Gasteiger partial charge in [-0.1, -0.05) is 31.5 Å². The molecule has 1 aliphatic rings. The van der Waals surface area contributed by atoms with Crippen LogP contribution in [0.1, 0.15) is 43.2 Å². The molecule has 20 heavy (non-hydrogen) atoms. The van der Waals surface area contributed by atoms with Crippen LogP contribution in [0.5, 0.6) is 0 Å². The van der Waals surface area contributed by atoms with Crippen molar-refractivity contribution >= 4 is 11.6 Å². The van der Waals surface area contributed by atoms with Crippen LogP contribution in [0.25, 0.3) is 5.69 Å². The summed E-state index contributed by atoms with van der Waals surface area (Å²) in [6.45, 7) is 6.46. The summed E-state index contributed by atoms with van der Waals surface area (Å²) in [7, 11) is 0. The van der Waals surface area contributed by atoms with Gasteiger partial charge in [0.2, 0.25) is 0 Å². The van der Waals surface area contributed by atoms with Crippen LogP contribution < -0.4 is 0 Å². The lowest BCUT2D eigenvalue weighted by molar-refractivity contribution is 0.0987. The predicted octanol–water partition coefficient (Wildman–Crippen LogP) is 4.44. The van der Waals surface area contributed by atoms with Crippen molar-refractivity contribution in [3.8, 4) is 5.69 Å². The maximum atomic E-state index is 10.3. The quantitative estimate of drug-likeness (QED) is 0.824. The van der Waals surface area contributed by atoms with E-state index in [0.717, 1.165) is 34.7 Å². The fourth-order valence-corrected chi connectivity index (χ4v) is 3.38. The summed E-state index contributed by atoms with van der Waals surface area (Å²) in [5.41, 5.74) is 4.56. The second-order valence-electron chi connectivity index (χ2n) is 6.53. The monoisotopic (exact) mass is 289 g/mol. The van der Waals surface area contributed by atoms with Gasteiger partial charge in [0, 0.05) is 28.2 Å². The van der Waals surface area contributed by atoms with Gasteiger partial charge in [-0.05, 0) is 48.9 Å². The van der Waals surface area contributed by atoms with Crippen molar-refractivity contribution in [1.82, 2.24) is 4.57 Å². The van der Waals surface area contributed by atoms with Gasteiger partial charge >= 0.3 is 0 Å². The van der Waals surface area contributed by atoms with Gasteiger partial charge in [-0.25, -0.2) is 0 Å². The van der Waals surface area contributed by atoms with Crippen LogP contribution in [0.2, 0.25) is 5.02 Å². The lowest BCUT2D eigenvalue weighted by Crippen LogP contribution is -2.26. The minimum absolute atomic E-state index is 0.120. The first-order valence-corrected chi connectivity index (χ1v) is 7.40. The number of halogens is 1. The Hall–Kier alpha value is -1.25. The Labute approximate surface area is 125 Å². The Morgan fingerprint density at radius 3 is 2.80 bits per heavy atom. The summed E-state index contributed by atoms with van der Waals surface area (Å²) in [5, 5.41) is 11.1. The summed E-state index contributed by atoms with van der Waals surface area (Å²) >= 11 is 6.24. The molecule has 0 aliphatic heterocycles. The van der Waals surface area contributed by atoms with Gasteiger partial charge in [0.05, 0.1) is 6.10 Å². The average Bonchev–Trinajstić information content (AvgIpc) is 2.75. The summed E-state index contributed by atoms with van der Waals surface area (Å²) in [6, 6.07) is 8.00. The van der Waals surface area contributed by atoms with Crippen molar-refractivity contribution in [3.05, 3.63) is 52.3 Å². The van der Waals surface area contributed by atoms with Gasteiger partial charge in [-0.15, -0.1) is 0 Å². The largest absolute Gasteiger partial charge is 0.388 e. The van der Waals surface area contributed by atoms with E-state index in [1.807, 2.05) is 31.3 Å². The van der Waals surface area contributed by atoms with Crippen LogP contribution >= 0.6 is 11.6 Å². The third-order valence-corrected chi connectivity index (χ3v) is 4.69. The fraction of sp³-hybridized carbons (Fsp3) is 0.412. The molecule has 1 aromatic carbocycles. The maximum Gasteiger partial charge on any atom is 0.0812 e. The SMILES string of the molecule is Cc1c(Cl)cccc1-n1ccc2c1CC(C)(C)CC2O. The van der Waals surface area contributed by atoms with Gasteiger partial charge < -0.3 is 9.67 Å². The Bertz CT molecular complexity index is 657. The highest BCUT2D eigenvalue weighted by Gasteiger charge is 2.33. The molecule has 1 atom stereocenters. The highest BCUT2D eigenvalue weighted by Crippen LogP contribution is 2.42. The van der Waals surface area contributed by atoms with E-state index in [1.54, 1.807) is 0 Å². The number of hydrogen-bond acceptors (Lipinski definition) is 1. The summed E-state index contributed by atoms with van der Waals surface area (Å²) in [5.74, 6) is 0. The Morgan fingerprint density at radius 2 is 2.05 bits per heavy atom. The zero-order valence-electron chi connectivity index (χ0n) is 12.2. The molecule has 1 N–H and O–H groups in total. The molecule has 0 fully saturated rings. The molecule has 2 nitrogen and oxygen atoms in total. The smallest absolute Gasteiger partial charge is 0.0812 e. The van der Waals surface area contributed by atoms with Crippen molar-refractivity contribution in [2.45, 2.75) is 39.7 Å². The lowest BCUT2D eigenvalue weighted by Gasteiger charge is -2.34. The van der Waals surface area contributed by atoms with Crippen molar-refractivity contribution < 1.29 is 5.11 Å². The molecule has 3 heteroatoms. The highest BCUT2D eigenvalue weighted by atomic mass is 35.5. The van der Waals surface area contributed by atoms with Crippen LogP contribution in [0.3, 0.4) is 0 Å². The maximum absolute atomic E-state index is 10.3. The van der Waals surface area contributed by atoms with Crippen LogP contribution in [0.4, 0.5) is 0 Å².